The molecule has 5 nitrogen and oxygen atoms in total. The Labute approximate surface area is 162 Å². The van der Waals surface area contributed by atoms with E-state index in [4.69, 9.17) is 0 Å². The summed E-state index contributed by atoms with van der Waals surface area (Å²) in [4.78, 5) is 12.2. The highest BCUT2D eigenvalue weighted by Crippen LogP contribution is 2.10. The molecule has 0 aromatic heterocycles. The van der Waals surface area contributed by atoms with Crippen LogP contribution in [-0.4, -0.2) is 38.0 Å². The number of sulfonamides is 1. The maximum atomic E-state index is 12.2. The number of amides is 1. The van der Waals surface area contributed by atoms with E-state index >= 15 is 0 Å². The Kier molecular flexibility index (Phi) is 7.56. The first-order valence-corrected chi connectivity index (χ1v) is 10.9. The standard InChI is InChI=1S/C21H28N2O3S/c1-17-9-11-20(12-10-17)15-23(27(3,25)26)16-21(24)22-13-5-8-19-7-4-6-18(2)14-19/h4,6-7,9-12,14H,5,8,13,15-16H2,1-3H3,(H,22,24). The molecule has 0 atom stereocenters. The summed E-state index contributed by atoms with van der Waals surface area (Å²) in [6.45, 7) is 4.57. The van der Waals surface area contributed by atoms with Crippen LogP contribution in [-0.2, 0) is 27.8 Å². The minimum atomic E-state index is -3.47. The molecule has 0 saturated carbocycles. The lowest BCUT2D eigenvalue weighted by Crippen LogP contribution is -2.40. The van der Waals surface area contributed by atoms with Crippen molar-refractivity contribution in [1.82, 2.24) is 9.62 Å². The van der Waals surface area contributed by atoms with Crippen molar-refractivity contribution in [3.05, 3.63) is 70.8 Å². The summed E-state index contributed by atoms with van der Waals surface area (Å²) in [6, 6.07) is 15.9. The number of nitrogens with one attached hydrogen (secondary N) is 1. The lowest BCUT2D eigenvalue weighted by molar-refractivity contribution is -0.121. The molecular weight excluding hydrogens is 360 g/mol. The van der Waals surface area contributed by atoms with Gasteiger partial charge in [-0.15, -0.1) is 0 Å². The number of hydrogen-bond donors (Lipinski definition) is 1. The Balaban J connectivity index is 1.83. The van der Waals surface area contributed by atoms with Gasteiger partial charge in [0.25, 0.3) is 0 Å². The van der Waals surface area contributed by atoms with Gasteiger partial charge in [-0.2, -0.15) is 4.31 Å². The van der Waals surface area contributed by atoms with Crippen LogP contribution in [0.4, 0.5) is 0 Å². The van der Waals surface area contributed by atoms with E-state index in [2.05, 4.69) is 30.4 Å². The Morgan fingerprint density at radius 3 is 2.33 bits per heavy atom. The molecule has 0 radical (unpaired) electrons. The van der Waals surface area contributed by atoms with Crippen molar-refractivity contribution in [2.24, 2.45) is 0 Å². The minimum Gasteiger partial charge on any atom is -0.355 e. The molecule has 0 aliphatic heterocycles. The highest BCUT2D eigenvalue weighted by atomic mass is 32.2. The first-order valence-electron chi connectivity index (χ1n) is 9.07. The van der Waals surface area contributed by atoms with E-state index < -0.39 is 10.0 Å². The van der Waals surface area contributed by atoms with Crippen molar-refractivity contribution in [2.45, 2.75) is 33.2 Å². The zero-order valence-electron chi connectivity index (χ0n) is 16.2. The molecule has 0 aliphatic carbocycles. The number of aryl methyl sites for hydroxylation is 3. The van der Waals surface area contributed by atoms with Crippen molar-refractivity contribution in [3.63, 3.8) is 0 Å². The molecule has 27 heavy (non-hydrogen) atoms. The Morgan fingerprint density at radius 2 is 1.70 bits per heavy atom. The molecular formula is C21H28N2O3S. The number of benzene rings is 2. The number of carbonyl (C=O) groups excluding carboxylic acids is 1. The summed E-state index contributed by atoms with van der Waals surface area (Å²) >= 11 is 0. The van der Waals surface area contributed by atoms with Gasteiger partial charge in [0, 0.05) is 13.1 Å². The fourth-order valence-corrected chi connectivity index (χ4v) is 3.53. The van der Waals surface area contributed by atoms with Crippen LogP contribution in [0.2, 0.25) is 0 Å². The molecule has 1 N–H and O–H groups in total. The highest BCUT2D eigenvalue weighted by Gasteiger charge is 2.20. The molecule has 1 amide bonds. The van der Waals surface area contributed by atoms with Crippen LogP contribution in [0.15, 0.2) is 48.5 Å². The van der Waals surface area contributed by atoms with Crippen LogP contribution in [0, 0.1) is 13.8 Å². The average molecular weight is 389 g/mol. The Morgan fingerprint density at radius 1 is 1.00 bits per heavy atom. The molecule has 2 aromatic rings. The van der Waals surface area contributed by atoms with E-state index in [9.17, 15) is 13.2 Å². The van der Waals surface area contributed by atoms with Gasteiger partial charge in [-0.3, -0.25) is 4.79 Å². The van der Waals surface area contributed by atoms with Gasteiger partial charge in [-0.1, -0.05) is 59.7 Å². The van der Waals surface area contributed by atoms with Crippen LogP contribution in [0.1, 0.15) is 28.7 Å². The van der Waals surface area contributed by atoms with E-state index in [0.717, 1.165) is 30.2 Å². The van der Waals surface area contributed by atoms with Gasteiger partial charge in [0.1, 0.15) is 0 Å². The van der Waals surface area contributed by atoms with Gasteiger partial charge < -0.3 is 5.32 Å². The SMILES string of the molecule is Cc1ccc(CN(CC(=O)NCCCc2cccc(C)c2)S(C)(=O)=O)cc1. The number of hydrogen-bond acceptors (Lipinski definition) is 3. The number of nitrogens with zero attached hydrogens (tertiary/aromatic N) is 1. The quantitative estimate of drug-likeness (QED) is 0.672. The van der Waals surface area contributed by atoms with Crippen LogP contribution in [0.3, 0.4) is 0 Å². The van der Waals surface area contributed by atoms with Crippen LogP contribution >= 0.6 is 0 Å². The number of carbonyl (C=O) groups is 1. The Hall–Kier alpha value is -2.18. The molecule has 0 saturated heterocycles. The fourth-order valence-electron chi connectivity index (χ4n) is 2.79. The van der Waals surface area contributed by atoms with Crippen molar-refractivity contribution in [3.8, 4) is 0 Å². The van der Waals surface area contributed by atoms with E-state index in [1.807, 2.05) is 37.3 Å². The molecule has 0 spiro atoms. The third-order valence-corrected chi connectivity index (χ3v) is 5.51. The summed E-state index contributed by atoms with van der Waals surface area (Å²) < 4.78 is 25.3. The maximum Gasteiger partial charge on any atom is 0.235 e. The van der Waals surface area contributed by atoms with Crippen molar-refractivity contribution in [1.29, 1.82) is 0 Å². The highest BCUT2D eigenvalue weighted by molar-refractivity contribution is 7.88. The molecule has 2 aromatic carbocycles. The summed E-state index contributed by atoms with van der Waals surface area (Å²) in [7, 11) is -3.47. The summed E-state index contributed by atoms with van der Waals surface area (Å²) in [6.07, 6.45) is 2.82. The molecule has 2 rings (SSSR count). The van der Waals surface area contributed by atoms with E-state index in [1.54, 1.807) is 0 Å². The first-order chi connectivity index (χ1) is 12.7. The molecule has 0 heterocycles. The fraction of sp³-hybridized carbons (Fsp3) is 0.381. The third kappa shape index (κ3) is 7.53. The smallest absolute Gasteiger partial charge is 0.235 e. The lowest BCUT2D eigenvalue weighted by atomic mass is 10.1. The van der Waals surface area contributed by atoms with Crippen LogP contribution < -0.4 is 5.32 Å². The largest absolute Gasteiger partial charge is 0.355 e. The zero-order chi connectivity index (χ0) is 19.9. The summed E-state index contributed by atoms with van der Waals surface area (Å²) in [5.41, 5.74) is 4.42. The predicted molar refractivity (Wildman–Crippen MR) is 109 cm³/mol. The van der Waals surface area contributed by atoms with Gasteiger partial charge in [-0.05, 0) is 37.8 Å². The van der Waals surface area contributed by atoms with Gasteiger partial charge >= 0.3 is 0 Å². The Bertz CT molecular complexity index is 861. The van der Waals surface area contributed by atoms with E-state index in [1.165, 1.54) is 15.4 Å². The molecule has 146 valence electrons. The number of rotatable bonds is 9. The van der Waals surface area contributed by atoms with Gasteiger partial charge in [0.2, 0.25) is 15.9 Å². The zero-order valence-corrected chi connectivity index (χ0v) is 17.1. The molecule has 0 bridgehead atoms. The second-order valence-electron chi connectivity index (χ2n) is 6.96. The third-order valence-electron chi connectivity index (χ3n) is 4.32. The molecule has 0 aliphatic rings. The maximum absolute atomic E-state index is 12.2. The van der Waals surface area contributed by atoms with Crippen LogP contribution in [0.25, 0.3) is 0 Å². The molecule has 0 unspecified atom stereocenters. The minimum absolute atomic E-state index is 0.169. The summed E-state index contributed by atoms with van der Waals surface area (Å²) in [5.74, 6) is -0.281. The normalized spacial score (nSPS) is 11.6. The molecule has 6 heteroatoms. The summed E-state index contributed by atoms with van der Waals surface area (Å²) in [5, 5.41) is 2.82. The van der Waals surface area contributed by atoms with Gasteiger partial charge in [0.15, 0.2) is 0 Å². The average Bonchev–Trinajstić information content (AvgIpc) is 2.59. The second kappa shape index (κ2) is 9.67. The topological polar surface area (TPSA) is 66.5 Å². The monoisotopic (exact) mass is 388 g/mol. The van der Waals surface area contributed by atoms with E-state index in [-0.39, 0.29) is 19.0 Å². The first kappa shape index (κ1) is 21.1. The predicted octanol–water partition coefficient (Wildman–Crippen LogP) is 2.81. The van der Waals surface area contributed by atoms with Crippen molar-refractivity contribution < 1.29 is 13.2 Å². The van der Waals surface area contributed by atoms with E-state index in [0.29, 0.717) is 6.54 Å². The lowest BCUT2D eigenvalue weighted by Gasteiger charge is -2.19. The van der Waals surface area contributed by atoms with Gasteiger partial charge in [-0.25, -0.2) is 8.42 Å². The molecule has 0 fully saturated rings. The second-order valence-corrected chi connectivity index (χ2v) is 8.94. The van der Waals surface area contributed by atoms with Crippen molar-refractivity contribution >= 4 is 15.9 Å². The van der Waals surface area contributed by atoms with Crippen LogP contribution in [0.5, 0.6) is 0 Å². The van der Waals surface area contributed by atoms with Gasteiger partial charge in [0.05, 0.1) is 12.8 Å². The van der Waals surface area contributed by atoms with Crippen molar-refractivity contribution in [2.75, 3.05) is 19.3 Å².